The van der Waals surface area contributed by atoms with Gasteiger partial charge in [0.15, 0.2) is 0 Å². The first-order valence-corrected chi connectivity index (χ1v) is 6.39. The van der Waals surface area contributed by atoms with Gasteiger partial charge in [-0.2, -0.15) is 4.98 Å². The van der Waals surface area contributed by atoms with Crippen LogP contribution in [0, 0.1) is 0 Å². The number of nitrogens with two attached hydrogens (primary N) is 1. The molecule has 0 aliphatic heterocycles. The quantitative estimate of drug-likeness (QED) is 0.734. The molecule has 0 unspecified atom stereocenters. The number of benzene rings is 1. The zero-order valence-electron chi connectivity index (χ0n) is 10.9. The lowest BCUT2D eigenvalue weighted by Crippen LogP contribution is -1.93. The van der Waals surface area contributed by atoms with Crippen LogP contribution in [-0.4, -0.2) is 15.1 Å². The van der Waals surface area contributed by atoms with E-state index >= 15 is 0 Å². The third-order valence-corrected chi connectivity index (χ3v) is 2.97. The van der Waals surface area contributed by atoms with E-state index in [9.17, 15) is 0 Å². The second kappa shape index (κ2) is 5.52. The SMILES string of the molecule is Nc1cccc(CCc2nc(-c3cccnc3)no2)c1. The van der Waals surface area contributed by atoms with Gasteiger partial charge in [0.1, 0.15) is 0 Å². The predicted octanol–water partition coefficient (Wildman–Crippen LogP) is 2.50. The fraction of sp³-hybridized carbons (Fsp3) is 0.133. The van der Waals surface area contributed by atoms with Crippen molar-refractivity contribution in [3.05, 3.63) is 60.2 Å². The molecule has 3 rings (SSSR count). The van der Waals surface area contributed by atoms with Crippen LogP contribution in [0.4, 0.5) is 5.69 Å². The van der Waals surface area contributed by atoms with Crippen LogP contribution in [0.3, 0.4) is 0 Å². The van der Waals surface area contributed by atoms with Gasteiger partial charge in [0.25, 0.3) is 0 Å². The summed E-state index contributed by atoms with van der Waals surface area (Å²) in [5.74, 6) is 1.19. The van der Waals surface area contributed by atoms with E-state index in [0.717, 1.165) is 23.2 Å². The van der Waals surface area contributed by atoms with E-state index in [1.165, 1.54) is 0 Å². The van der Waals surface area contributed by atoms with Gasteiger partial charge >= 0.3 is 0 Å². The van der Waals surface area contributed by atoms with Crippen LogP contribution in [0.5, 0.6) is 0 Å². The van der Waals surface area contributed by atoms with E-state index < -0.39 is 0 Å². The predicted molar refractivity (Wildman–Crippen MR) is 75.8 cm³/mol. The van der Waals surface area contributed by atoms with Gasteiger partial charge in [0, 0.05) is 30.1 Å². The van der Waals surface area contributed by atoms with Gasteiger partial charge in [-0.15, -0.1) is 0 Å². The highest BCUT2D eigenvalue weighted by Crippen LogP contribution is 2.15. The molecule has 0 atom stereocenters. The van der Waals surface area contributed by atoms with Crippen LogP contribution in [-0.2, 0) is 12.8 Å². The zero-order valence-corrected chi connectivity index (χ0v) is 10.9. The van der Waals surface area contributed by atoms with Gasteiger partial charge in [-0.25, -0.2) is 0 Å². The van der Waals surface area contributed by atoms with E-state index in [2.05, 4.69) is 15.1 Å². The summed E-state index contributed by atoms with van der Waals surface area (Å²) in [5.41, 5.74) is 8.53. The monoisotopic (exact) mass is 266 g/mol. The highest BCUT2D eigenvalue weighted by atomic mass is 16.5. The summed E-state index contributed by atoms with van der Waals surface area (Å²) in [4.78, 5) is 8.41. The van der Waals surface area contributed by atoms with E-state index in [0.29, 0.717) is 18.1 Å². The maximum atomic E-state index is 5.75. The Kier molecular flexibility index (Phi) is 3.41. The molecule has 0 spiro atoms. The summed E-state index contributed by atoms with van der Waals surface area (Å²) in [7, 11) is 0. The number of nitrogen functional groups attached to an aromatic ring is 1. The number of hydrogen-bond acceptors (Lipinski definition) is 5. The van der Waals surface area contributed by atoms with Crippen molar-refractivity contribution in [2.24, 2.45) is 0 Å². The summed E-state index contributed by atoms with van der Waals surface area (Å²) in [6, 6.07) is 11.6. The van der Waals surface area contributed by atoms with E-state index in [1.54, 1.807) is 12.4 Å². The van der Waals surface area contributed by atoms with Crippen LogP contribution in [0.25, 0.3) is 11.4 Å². The number of aryl methyl sites for hydroxylation is 2. The van der Waals surface area contributed by atoms with Gasteiger partial charge in [0.05, 0.1) is 0 Å². The van der Waals surface area contributed by atoms with Crippen molar-refractivity contribution in [1.82, 2.24) is 15.1 Å². The number of aromatic nitrogens is 3. The molecule has 5 nitrogen and oxygen atoms in total. The van der Waals surface area contributed by atoms with Crippen LogP contribution >= 0.6 is 0 Å². The Morgan fingerprint density at radius 3 is 2.85 bits per heavy atom. The lowest BCUT2D eigenvalue weighted by molar-refractivity contribution is 0.379. The lowest BCUT2D eigenvalue weighted by atomic mass is 10.1. The Morgan fingerprint density at radius 2 is 2.05 bits per heavy atom. The molecule has 1 aromatic carbocycles. The number of nitrogens with zero attached hydrogens (tertiary/aromatic N) is 3. The molecule has 2 N–H and O–H groups in total. The standard InChI is InChI=1S/C15H14N4O/c16-13-5-1-3-11(9-13)6-7-14-18-15(19-20-14)12-4-2-8-17-10-12/h1-5,8-10H,6-7,16H2. The van der Waals surface area contributed by atoms with Crippen molar-refractivity contribution in [2.75, 3.05) is 5.73 Å². The van der Waals surface area contributed by atoms with Crippen molar-refractivity contribution in [3.8, 4) is 11.4 Å². The largest absolute Gasteiger partial charge is 0.399 e. The fourth-order valence-electron chi connectivity index (χ4n) is 1.97. The Hall–Kier alpha value is -2.69. The smallest absolute Gasteiger partial charge is 0.227 e. The molecule has 5 heteroatoms. The highest BCUT2D eigenvalue weighted by molar-refractivity contribution is 5.51. The van der Waals surface area contributed by atoms with Gasteiger partial charge in [-0.1, -0.05) is 17.3 Å². The molecule has 0 aliphatic carbocycles. The van der Waals surface area contributed by atoms with Crippen molar-refractivity contribution in [2.45, 2.75) is 12.8 Å². The minimum Gasteiger partial charge on any atom is -0.399 e. The van der Waals surface area contributed by atoms with Crippen LogP contribution in [0.2, 0.25) is 0 Å². The van der Waals surface area contributed by atoms with Crippen LogP contribution < -0.4 is 5.73 Å². The molecular formula is C15H14N4O. The summed E-state index contributed by atoms with van der Waals surface area (Å²) in [5, 5.41) is 3.97. The molecular weight excluding hydrogens is 252 g/mol. The average molecular weight is 266 g/mol. The molecule has 0 radical (unpaired) electrons. The van der Waals surface area contributed by atoms with E-state index in [-0.39, 0.29) is 0 Å². The highest BCUT2D eigenvalue weighted by Gasteiger charge is 2.08. The minimum absolute atomic E-state index is 0.570. The first-order valence-electron chi connectivity index (χ1n) is 6.39. The lowest BCUT2D eigenvalue weighted by Gasteiger charge is -1.99. The Bertz CT molecular complexity index is 694. The molecule has 20 heavy (non-hydrogen) atoms. The van der Waals surface area contributed by atoms with E-state index in [1.807, 2.05) is 36.4 Å². The summed E-state index contributed by atoms with van der Waals surface area (Å²) in [6.45, 7) is 0. The molecule has 0 saturated carbocycles. The molecule has 3 aromatic rings. The molecule has 0 amide bonds. The first kappa shape index (κ1) is 12.3. The number of hydrogen-bond donors (Lipinski definition) is 1. The minimum atomic E-state index is 0.570. The fourth-order valence-corrected chi connectivity index (χ4v) is 1.97. The summed E-state index contributed by atoms with van der Waals surface area (Å²) in [6.07, 6.45) is 4.94. The van der Waals surface area contributed by atoms with Crippen molar-refractivity contribution < 1.29 is 4.52 Å². The van der Waals surface area contributed by atoms with Crippen LogP contribution in [0.1, 0.15) is 11.5 Å². The number of anilines is 1. The topological polar surface area (TPSA) is 77.8 Å². The molecule has 100 valence electrons. The molecule has 2 heterocycles. The summed E-state index contributed by atoms with van der Waals surface area (Å²) >= 11 is 0. The van der Waals surface area contributed by atoms with Crippen molar-refractivity contribution >= 4 is 5.69 Å². The Balaban J connectivity index is 1.69. The Labute approximate surface area is 116 Å². The van der Waals surface area contributed by atoms with Gasteiger partial charge < -0.3 is 10.3 Å². The normalized spacial score (nSPS) is 10.6. The summed E-state index contributed by atoms with van der Waals surface area (Å²) < 4.78 is 5.25. The van der Waals surface area contributed by atoms with Gasteiger partial charge in [0.2, 0.25) is 11.7 Å². The number of pyridine rings is 1. The van der Waals surface area contributed by atoms with Crippen molar-refractivity contribution in [3.63, 3.8) is 0 Å². The first-order chi connectivity index (χ1) is 9.81. The van der Waals surface area contributed by atoms with Crippen molar-refractivity contribution in [1.29, 1.82) is 0 Å². The molecule has 0 fully saturated rings. The maximum absolute atomic E-state index is 5.75. The third-order valence-electron chi connectivity index (χ3n) is 2.97. The second-order valence-electron chi connectivity index (χ2n) is 4.50. The average Bonchev–Trinajstić information content (AvgIpc) is 2.95. The number of rotatable bonds is 4. The molecule has 0 bridgehead atoms. The van der Waals surface area contributed by atoms with E-state index in [4.69, 9.17) is 10.3 Å². The van der Waals surface area contributed by atoms with Gasteiger partial charge in [-0.05, 0) is 36.2 Å². The van der Waals surface area contributed by atoms with Gasteiger partial charge in [-0.3, -0.25) is 4.98 Å². The third kappa shape index (κ3) is 2.83. The zero-order chi connectivity index (χ0) is 13.8. The molecule has 0 aliphatic rings. The molecule has 0 saturated heterocycles. The second-order valence-corrected chi connectivity index (χ2v) is 4.50. The molecule has 2 aromatic heterocycles. The Morgan fingerprint density at radius 1 is 1.10 bits per heavy atom. The maximum Gasteiger partial charge on any atom is 0.227 e. The van der Waals surface area contributed by atoms with Crippen LogP contribution in [0.15, 0.2) is 53.3 Å².